The van der Waals surface area contributed by atoms with Gasteiger partial charge in [-0.15, -0.1) is 17.0 Å². The van der Waals surface area contributed by atoms with Crippen LogP contribution in [-0.4, -0.2) is 19.1 Å². The first kappa shape index (κ1) is 53.1. The number of hydrogen-bond acceptors (Lipinski definition) is 3. The molecule has 3 nitrogen and oxygen atoms in total. The van der Waals surface area contributed by atoms with E-state index in [0.29, 0.717) is 35.4 Å². The summed E-state index contributed by atoms with van der Waals surface area (Å²) >= 11 is 0. The third-order valence-corrected chi connectivity index (χ3v) is 12.8. The van der Waals surface area contributed by atoms with Crippen molar-refractivity contribution in [2.24, 2.45) is 0 Å². The lowest BCUT2D eigenvalue weighted by Gasteiger charge is -2.37. The van der Waals surface area contributed by atoms with Crippen LogP contribution in [0.1, 0.15) is 118 Å². The first-order chi connectivity index (χ1) is 31.3. The topological polar surface area (TPSA) is 21.7 Å². The first-order valence-electron chi connectivity index (χ1n) is 21.6. The van der Waals surface area contributed by atoms with Gasteiger partial charge in [0.2, 0.25) is 0 Å². The number of ether oxygens (including phenoxy) is 2. The Bertz CT molecular complexity index is 2850. The minimum atomic E-state index is -5.23. The molecule has 0 spiro atoms. The Morgan fingerprint density at radius 3 is 1.38 bits per heavy atom. The number of alkyl halides is 12. The Labute approximate surface area is 403 Å². The fourth-order valence-corrected chi connectivity index (χ4v) is 9.52. The molecular formula is C53H50BrF12NO2. The molecule has 0 aromatic heterocycles. The predicted octanol–water partition coefficient (Wildman–Crippen LogP) is 17.7. The van der Waals surface area contributed by atoms with Crippen LogP contribution in [0.15, 0.2) is 91.0 Å². The van der Waals surface area contributed by atoms with Crippen molar-refractivity contribution in [2.45, 2.75) is 110 Å². The quantitative estimate of drug-likeness (QED) is 0.155. The zero-order valence-corrected chi connectivity index (χ0v) is 40.9. The lowest BCUT2D eigenvalue weighted by Crippen LogP contribution is -2.30. The molecule has 1 aliphatic heterocycles. The van der Waals surface area contributed by atoms with E-state index in [1.165, 1.54) is 14.2 Å². The highest BCUT2D eigenvalue weighted by atomic mass is 79.9. The van der Waals surface area contributed by atoms with Crippen LogP contribution < -0.4 is 9.47 Å². The van der Waals surface area contributed by atoms with Gasteiger partial charge in [-0.25, -0.2) is 0 Å². The minimum Gasteiger partial charge on any atom is -0.496 e. The van der Waals surface area contributed by atoms with Gasteiger partial charge in [0, 0.05) is 40.9 Å². The van der Waals surface area contributed by atoms with Crippen LogP contribution >= 0.6 is 17.0 Å². The van der Waals surface area contributed by atoms with Crippen molar-refractivity contribution in [3.8, 4) is 44.9 Å². The number of benzene rings is 6. The fourth-order valence-electron chi connectivity index (χ4n) is 9.52. The van der Waals surface area contributed by atoms with E-state index < -0.39 is 81.0 Å². The molecule has 69 heavy (non-hydrogen) atoms. The number of hydrogen-bond donors (Lipinski definition) is 0. The van der Waals surface area contributed by atoms with E-state index >= 15 is 0 Å². The van der Waals surface area contributed by atoms with Gasteiger partial charge in [-0.2, -0.15) is 52.7 Å². The zero-order chi connectivity index (χ0) is 50.4. The molecule has 0 fully saturated rings. The molecule has 0 N–H and O–H groups in total. The summed E-state index contributed by atoms with van der Waals surface area (Å²) in [5.41, 5.74) is -6.93. The standard InChI is InChI=1S/C53H49F12NO2.BrH/c1-27(36-17-13-15-29-14-11-12-16-37(29)36)66-26-40-38(24-41(48(3,4)5)46(67-9)44(40)30-18-32(50(54,55)56)22-33(19-30)51(57,58)59)39-25-42(49(6,7)8)47(68-10)45(43(39)28(66)2)31-20-34(52(60,61)62)23-35(21-31)53(63,64)65;/h11-25,27-28H,26H2,1-10H3;1H. The Morgan fingerprint density at radius 2 is 0.942 bits per heavy atom. The molecule has 2 atom stereocenters. The Hall–Kier alpha value is -5.22. The van der Waals surface area contributed by atoms with Gasteiger partial charge in [0.1, 0.15) is 11.5 Å². The fraction of sp³-hybridized carbons (Fsp3) is 0.358. The van der Waals surface area contributed by atoms with E-state index in [2.05, 4.69) is 0 Å². The van der Waals surface area contributed by atoms with E-state index in [4.69, 9.17) is 9.47 Å². The molecule has 1 heterocycles. The maximum Gasteiger partial charge on any atom is 0.416 e. The van der Waals surface area contributed by atoms with E-state index in [1.54, 1.807) is 60.6 Å². The SMILES string of the molecule is Br.COc1c(C(C)(C)C)cc2c(c1-c1cc(C(F)(F)F)cc(C(F)(F)F)c1)CN(C(C)c1cccc3ccccc13)C(C)c1c-2cc(C(C)(C)C)c(OC)c1-c1cc(C(F)(F)F)cc(C(F)(F)F)c1. The smallest absolute Gasteiger partial charge is 0.416 e. The van der Waals surface area contributed by atoms with Crippen LogP contribution in [0.3, 0.4) is 0 Å². The zero-order valence-electron chi connectivity index (χ0n) is 39.2. The lowest BCUT2D eigenvalue weighted by molar-refractivity contribution is -0.144. The second kappa shape index (κ2) is 18.2. The van der Waals surface area contributed by atoms with Gasteiger partial charge in [0.05, 0.1) is 36.5 Å². The molecule has 16 heteroatoms. The molecule has 6 aromatic carbocycles. The van der Waals surface area contributed by atoms with E-state index in [1.807, 2.05) is 54.3 Å². The number of nitrogens with zero attached hydrogens (tertiary/aromatic N) is 1. The molecular weight excluding hydrogens is 990 g/mol. The molecule has 0 bridgehead atoms. The highest BCUT2D eigenvalue weighted by Crippen LogP contribution is 2.57. The van der Waals surface area contributed by atoms with Gasteiger partial charge in [0.15, 0.2) is 0 Å². The normalized spacial score (nSPS) is 15.5. The average Bonchev–Trinajstić information content (AvgIpc) is 3.35. The van der Waals surface area contributed by atoms with Gasteiger partial charge < -0.3 is 9.47 Å². The first-order valence-corrected chi connectivity index (χ1v) is 21.6. The summed E-state index contributed by atoms with van der Waals surface area (Å²) < 4.78 is 189. The Kier molecular flexibility index (Phi) is 14.0. The van der Waals surface area contributed by atoms with E-state index in [-0.39, 0.29) is 80.5 Å². The van der Waals surface area contributed by atoms with Gasteiger partial charge in [0.25, 0.3) is 0 Å². The number of fused-ring (bicyclic) bond motifs is 4. The largest absolute Gasteiger partial charge is 0.496 e. The maximum atomic E-state index is 14.7. The van der Waals surface area contributed by atoms with Crippen LogP contribution in [-0.2, 0) is 42.1 Å². The van der Waals surface area contributed by atoms with Gasteiger partial charge in [-0.05, 0) is 123 Å². The summed E-state index contributed by atoms with van der Waals surface area (Å²) in [5, 5.41) is 1.63. The summed E-state index contributed by atoms with van der Waals surface area (Å²) in [7, 11) is 2.52. The average molecular weight is 1040 g/mol. The van der Waals surface area contributed by atoms with Crippen molar-refractivity contribution in [1.29, 1.82) is 0 Å². The van der Waals surface area contributed by atoms with Crippen LogP contribution in [0, 0.1) is 0 Å². The molecule has 0 amide bonds. The van der Waals surface area contributed by atoms with Crippen LogP contribution in [0.5, 0.6) is 11.5 Å². The van der Waals surface area contributed by atoms with Crippen molar-refractivity contribution >= 4 is 27.8 Å². The highest BCUT2D eigenvalue weighted by Gasteiger charge is 2.43. The van der Waals surface area contributed by atoms with Crippen LogP contribution in [0.4, 0.5) is 52.7 Å². The second-order valence-corrected chi connectivity index (χ2v) is 19.3. The monoisotopic (exact) mass is 1040 g/mol. The molecule has 370 valence electrons. The van der Waals surface area contributed by atoms with Crippen molar-refractivity contribution in [3.63, 3.8) is 0 Å². The van der Waals surface area contributed by atoms with Crippen LogP contribution in [0.25, 0.3) is 44.2 Å². The van der Waals surface area contributed by atoms with Gasteiger partial charge >= 0.3 is 24.7 Å². The molecule has 2 unspecified atom stereocenters. The number of methoxy groups -OCH3 is 2. The molecule has 0 radical (unpaired) electrons. The van der Waals surface area contributed by atoms with Gasteiger partial charge in [-0.1, -0.05) is 84.0 Å². The van der Waals surface area contributed by atoms with Crippen molar-refractivity contribution in [2.75, 3.05) is 14.2 Å². The van der Waals surface area contributed by atoms with E-state index in [9.17, 15) is 52.7 Å². The van der Waals surface area contributed by atoms with E-state index in [0.717, 1.165) is 16.3 Å². The summed E-state index contributed by atoms with van der Waals surface area (Å²) in [5.74, 6) is -0.0377. The minimum absolute atomic E-state index is 0. The molecule has 7 rings (SSSR count). The second-order valence-electron chi connectivity index (χ2n) is 19.3. The number of halogens is 13. The number of rotatable bonds is 6. The predicted molar refractivity (Wildman–Crippen MR) is 250 cm³/mol. The van der Waals surface area contributed by atoms with Crippen molar-refractivity contribution in [1.82, 2.24) is 4.90 Å². The molecule has 0 saturated heterocycles. The molecule has 1 aliphatic rings. The lowest BCUT2D eigenvalue weighted by atomic mass is 9.75. The molecule has 6 aromatic rings. The summed E-state index contributed by atoms with van der Waals surface area (Å²) in [6.07, 6.45) is -20.9. The summed E-state index contributed by atoms with van der Waals surface area (Å²) in [4.78, 5) is 1.89. The molecule has 0 aliphatic carbocycles. The third kappa shape index (κ3) is 10.1. The van der Waals surface area contributed by atoms with Crippen molar-refractivity contribution < 1.29 is 62.2 Å². The third-order valence-electron chi connectivity index (χ3n) is 12.8. The van der Waals surface area contributed by atoms with Crippen molar-refractivity contribution in [3.05, 3.63) is 141 Å². The highest BCUT2D eigenvalue weighted by molar-refractivity contribution is 8.93. The van der Waals surface area contributed by atoms with Crippen LogP contribution in [0.2, 0.25) is 0 Å². The Balaban J connectivity index is 0.00000782. The summed E-state index contributed by atoms with van der Waals surface area (Å²) in [6.45, 7) is 14.0. The summed E-state index contributed by atoms with van der Waals surface area (Å²) in [6, 6.07) is 17.4. The Morgan fingerprint density at radius 1 is 0.536 bits per heavy atom. The molecule has 0 saturated carbocycles. The maximum absolute atomic E-state index is 14.7. The van der Waals surface area contributed by atoms with Gasteiger partial charge in [-0.3, -0.25) is 4.90 Å².